The van der Waals surface area contributed by atoms with Gasteiger partial charge in [-0.05, 0) is 42.7 Å². The van der Waals surface area contributed by atoms with Crippen LogP contribution in [0.4, 0.5) is 4.79 Å². The molecule has 3 amide bonds. The van der Waals surface area contributed by atoms with Crippen LogP contribution in [0.2, 0.25) is 0 Å². The minimum absolute atomic E-state index is 0.00563. The van der Waals surface area contributed by atoms with Crippen LogP contribution in [0, 0.1) is 5.41 Å². The number of carbonyl (C=O) groups excluding carboxylic acids is 2. The zero-order valence-electron chi connectivity index (χ0n) is 16.6. The van der Waals surface area contributed by atoms with Crippen molar-refractivity contribution in [3.8, 4) is 0 Å². The molecule has 2 N–H and O–H groups in total. The lowest BCUT2D eigenvalue weighted by atomic mass is 9.68. The Kier molecular flexibility index (Phi) is 6.05. The third-order valence-electron chi connectivity index (χ3n) is 6.36. The van der Waals surface area contributed by atoms with Crippen molar-refractivity contribution >= 4 is 11.9 Å². The molecule has 2 heterocycles. The highest BCUT2D eigenvalue weighted by molar-refractivity contribution is 5.83. The Hall–Kier alpha value is -2.08. The Morgan fingerprint density at radius 3 is 2.48 bits per heavy atom. The fourth-order valence-electron chi connectivity index (χ4n) is 4.67. The average Bonchev–Trinajstić information content (AvgIpc) is 2.68. The molecule has 2 aliphatic rings. The second-order valence-electron chi connectivity index (χ2n) is 8.21. The molecule has 0 saturated carbocycles. The quantitative estimate of drug-likeness (QED) is 0.880. The van der Waals surface area contributed by atoms with Gasteiger partial charge in [0.25, 0.3) is 0 Å². The third-order valence-corrected chi connectivity index (χ3v) is 6.36. The van der Waals surface area contributed by atoms with Crippen molar-refractivity contribution < 1.29 is 9.59 Å². The summed E-state index contributed by atoms with van der Waals surface area (Å²) in [5.74, 6) is 0.553. The molecule has 0 aromatic heterocycles. The van der Waals surface area contributed by atoms with Crippen LogP contribution in [0.25, 0.3) is 0 Å². The highest BCUT2D eigenvalue weighted by Crippen LogP contribution is 2.45. The molecule has 1 atom stereocenters. The van der Waals surface area contributed by atoms with E-state index in [4.69, 9.17) is 5.73 Å². The summed E-state index contributed by atoms with van der Waals surface area (Å²) in [5.41, 5.74) is 6.94. The molecule has 2 saturated heterocycles. The summed E-state index contributed by atoms with van der Waals surface area (Å²) in [6.45, 7) is 7.14. The lowest BCUT2D eigenvalue weighted by molar-refractivity contribution is -0.134. The van der Waals surface area contributed by atoms with Crippen molar-refractivity contribution in [2.75, 3.05) is 46.3 Å². The summed E-state index contributed by atoms with van der Waals surface area (Å²) in [6, 6.07) is 10.3. The van der Waals surface area contributed by atoms with Crippen molar-refractivity contribution in [2.45, 2.75) is 32.1 Å². The highest BCUT2D eigenvalue weighted by atomic mass is 16.2. The number of carbonyl (C=O) groups is 2. The first-order valence-electron chi connectivity index (χ1n) is 9.98. The van der Waals surface area contributed by atoms with E-state index in [0.29, 0.717) is 5.92 Å². The molecule has 1 spiro atoms. The van der Waals surface area contributed by atoms with E-state index in [9.17, 15) is 9.59 Å². The van der Waals surface area contributed by atoms with Crippen LogP contribution in [0.3, 0.4) is 0 Å². The smallest absolute Gasteiger partial charge is 0.314 e. The monoisotopic (exact) mass is 372 g/mol. The SMILES string of the molecule is CCN1C[C@H](c2ccccc2)CC2(CCN(C(=O)CN(C)C(N)=O)CC2)C1. The summed E-state index contributed by atoms with van der Waals surface area (Å²) >= 11 is 0. The second kappa shape index (κ2) is 8.30. The first-order valence-corrected chi connectivity index (χ1v) is 9.98. The molecule has 0 aliphatic carbocycles. The van der Waals surface area contributed by atoms with Crippen LogP contribution in [0.1, 0.15) is 37.7 Å². The highest BCUT2D eigenvalue weighted by Gasteiger charge is 2.42. The van der Waals surface area contributed by atoms with Gasteiger partial charge in [0.1, 0.15) is 6.54 Å². The number of nitrogens with two attached hydrogens (primary N) is 1. The zero-order valence-corrected chi connectivity index (χ0v) is 16.6. The molecule has 6 nitrogen and oxygen atoms in total. The van der Waals surface area contributed by atoms with E-state index < -0.39 is 6.03 Å². The van der Waals surface area contributed by atoms with Gasteiger partial charge >= 0.3 is 6.03 Å². The van der Waals surface area contributed by atoms with Crippen LogP contribution >= 0.6 is 0 Å². The molecule has 0 radical (unpaired) electrons. The first kappa shape index (κ1) is 19.7. The van der Waals surface area contributed by atoms with Crippen LogP contribution < -0.4 is 5.73 Å². The average molecular weight is 373 g/mol. The number of benzene rings is 1. The number of nitrogens with zero attached hydrogens (tertiary/aromatic N) is 3. The predicted octanol–water partition coefficient (Wildman–Crippen LogP) is 2.12. The first-order chi connectivity index (χ1) is 12.9. The maximum atomic E-state index is 12.5. The van der Waals surface area contributed by atoms with Gasteiger partial charge in [0.05, 0.1) is 0 Å². The number of amides is 3. The summed E-state index contributed by atoms with van der Waals surface area (Å²) in [5, 5.41) is 0. The largest absolute Gasteiger partial charge is 0.351 e. The van der Waals surface area contributed by atoms with Gasteiger partial charge in [-0.25, -0.2) is 4.79 Å². The molecular weight excluding hydrogens is 340 g/mol. The molecule has 6 heteroatoms. The van der Waals surface area contributed by atoms with Crippen LogP contribution in [0.5, 0.6) is 0 Å². The molecular formula is C21H32N4O2. The van der Waals surface area contributed by atoms with E-state index in [-0.39, 0.29) is 17.9 Å². The minimum atomic E-state index is -0.562. The van der Waals surface area contributed by atoms with E-state index >= 15 is 0 Å². The molecule has 0 unspecified atom stereocenters. The second-order valence-corrected chi connectivity index (χ2v) is 8.21. The van der Waals surface area contributed by atoms with Crippen LogP contribution in [0.15, 0.2) is 30.3 Å². The van der Waals surface area contributed by atoms with Gasteiger partial charge in [0.2, 0.25) is 5.91 Å². The number of primary amides is 1. The van der Waals surface area contributed by atoms with E-state index in [1.54, 1.807) is 7.05 Å². The molecule has 1 aromatic rings. The number of likely N-dealkylation sites (tertiary alicyclic amines) is 2. The van der Waals surface area contributed by atoms with Gasteiger partial charge in [-0.2, -0.15) is 0 Å². The Morgan fingerprint density at radius 2 is 1.89 bits per heavy atom. The van der Waals surface area contributed by atoms with E-state index in [2.05, 4.69) is 42.2 Å². The van der Waals surface area contributed by atoms with Gasteiger partial charge < -0.3 is 20.4 Å². The standard InChI is InChI=1S/C21H32N4O2/c1-3-24-14-18(17-7-5-4-6-8-17)13-21(16-24)9-11-25(12-10-21)19(26)15-23(2)20(22)27/h4-8,18H,3,9-16H2,1-2H3,(H2,22,27)/t18-/m1/s1. The number of rotatable bonds is 4. The van der Waals surface area contributed by atoms with Gasteiger partial charge in [0, 0.05) is 33.2 Å². The maximum Gasteiger partial charge on any atom is 0.314 e. The Morgan fingerprint density at radius 1 is 1.22 bits per heavy atom. The number of hydrogen-bond acceptors (Lipinski definition) is 3. The molecule has 3 rings (SSSR count). The number of likely N-dealkylation sites (N-methyl/N-ethyl adjacent to an activating group) is 2. The van der Waals surface area contributed by atoms with Crippen molar-refractivity contribution in [1.82, 2.24) is 14.7 Å². The summed E-state index contributed by atoms with van der Waals surface area (Å²) in [6.07, 6.45) is 3.24. The Bertz CT molecular complexity index is 655. The molecule has 2 aliphatic heterocycles. The van der Waals surface area contributed by atoms with Crippen molar-refractivity contribution in [3.63, 3.8) is 0 Å². The summed E-state index contributed by atoms with van der Waals surface area (Å²) in [4.78, 5) is 29.4. The van der Waals surface area contributed by atoms with E-state index in [0.717, 1.165) is 45.6 Å². The number of piperidine rings is 2. The lowest BCUT2D eigenvalue weighted by Gasteiger charge is -2.50. The fraction of sp³-hybridized carbons (Fsp3) is 0.619. The normalized spacial score (nSPS) is 22.6. The van der Waals surface area contributed by atoms with Gasteiger partial charge in [-0.1, -0.05) is 37.3 Å². The van der Waals surface area contributed by atoms with Crippen molar-refractivity contribution in [1.29, 1.82) is 0 Å². The fourth-order valence-corrected chi connectivity index (χ4v) is 4.67. The summed E-state index contributed by atoms with van der Waals surface area (Å²) in [7, 11) is 1.57. The molecule has 148 valence electrons. The summed E-state index contributed by atoms with van der Waals surface area (Å²) < 4.78 is 0. The van der Waals surface area contributed by atoms with Crippen molar-refractivity contribution in [3.05, 3.63) is 35.9 Å². The van der Waals surface area contributed by atoms with Gasteiger partial charge in [-0.15, -0.1) is 0 Å². The van der Waals surface area contributed by atoms with Crippen LogP contribution in [-0.4, -0.2) is 73.0 Å². The van der Waals surface area contributed by atoms with Crippen molar-refractivity contribution in [2.24, 2.45) is 11.1 Å². The Labute approximate surface area is 162 Å². The third kappa shape index (κ3) is 4.61. The number of hydrogen-bond donors (Lipinski definition) is 1. The molecule has 27 heavy (non-hydrogen) atoms. The minimum Gasteiger partial charge on any atom is -0.351 e. The molecule has 2 fully saturated rings. The predicted molar refractivity (Wildman–Crippen MR) is 106 cm³/mol. The maximum absolute atomic E-state index is 12.5. The Balaban J connectivity index is 1.64. The topological polar surface area (TPSA) is 69.9 Å². The van der Waals surface area contributed by atoms with E-state index in [1.807, 2.05) is 4.90 Å². The lowest BCUT2D eigenvalue weighted by Crippen LogP contribution is -2.53. The van der Waals surface area contributed by atoms with Gasteiger partial charge in [0.15, 0.2) is 0 Å². The number of urea groups is 1. The van der Waals surface area contributed by atoms with Gasteiger partial charge in [-0.3, -0.25) is 4.79 Å². The van der Waals surface area contributed by atoms with Crippen LogP contribution in [-0.2, 0) is 4.79 Å². The zero-order chi connectivity index (χ0) is 19.4. The van der Waals surface area contributed by atoms with E-state index in [1.165, 1.54) is 16.9 Å². The molecule has 1 aromatic carbocycles. The molecule has 0 bridgehead atoms.